The molecule has 1 aromatic heterocycles. The van der Waals surface area contributed by atoms with E-state index in [0.717, 1.165) is 35.9 Å². The second-order valence-corrected chi connectivity index (χ2v) is 14.5. The lowest BCUT2D eigenvalue weighted by molar-refractivity contribution is -0.159. The number of carboxylic acids is 1. The van der Waals surface area contributed by atoms with Crippen LogP contribution in [0.1, 0.15) is 78.6 Å². The number of ether oxygens (including phenoxy) is 2. The number of thiazole rings is 1. The molecule has 0 unspecified atom stereocenters. The Morgan fingerprint density at radius 2 is 2.00 bits per heavy atom. The number of aliphatic carboxylic acids is 1. The van der Waals surface area contributed by atoms with Crippen molar-refractivity contribution < 1.29 is 33.8 Å². The summed E-state index contributed by atoms with van der Waals surface area (Å²) < 4.78 is 12.6. The number of carboxylic acid groups (broad SMARTS) is 1. The number of carbonyl (C=O) groups is 4. The highest BCUT2D eigenvalue weighted by molar-refractivity contribution is 7.20. The molecule has 3 aliphatic rings. The molecular weight excluding hydrogens is 592 g/mol. The van der Waals surface area contributed by atoms with E-state index in [0.29, 0.717) is 23.1 Å². The van der Waals surface area contributed by atoms with Crippen molar-refractivity contribution in [3.63, 3.8) is 0 Å². The van der Waals surface area contributed by atoms with Gasteiger partial charge in [0.25, 0.3) is 5.19 Å². The average Bonchev–Trinajstić information content (AvgIpc) is 3.23. The van der Waals surface area contributed by atoms with Crippen molar-refractivity contribution in [2.75, 3.05) is 6.54 Å². The summed E-state index contributed by atoms with van der Waals surface area (Å²) in [6, 6.07) is 4.51. The lowest BCUT2D eigenvalue weighted by Crippen LogP contribution is -2.45. The first-order valence-electron chi connectivity index (χ1n) is 15.0. The van der Waals surface area contributed by atoms with Gasteiger partial charge >= 0.3 is 11.9 Å². The Morgan fingerprint density at radius 1 is 1.21 bits per heavy atom. The Bertz CT molecular complexity index is 1430. The number of carbonyl (C=O) groups excluding carboxylic acids is 3. The molecule has 1 N–H and O–H groups in total. The molecule has 3 heterocycles. The van der Waals surface area contributed by atoms with Crippen LogP contribution in [0.4, 0.5) is 0 Å². The van der Waals surface area contributed by atoms with Crippen LogP contribution in [0, 0.1) is 17.3 Å². The number of halogens is 1. The summed E-state index contributed by atoms with van der Waals surface area (Å²) >= 11 is 7.47. The number of fused-ring (bicyclic) bond motifs is 3. The van der Waals surface area contributed by atoms with Gasteiger partial charge in [-0.05, 0) is 70.6 Å². The van der Waals surface area contributed by atoms with E-state index in [2.05, 4.69) is 4.98 Å². The van der Waals surface area contributed by atoms with Gasteiger partial charge in [0.15, 0.2) is 5.78 Å². The minimum absolute atomic E-state index is 0.0846. The third-order valence-corrected chi connectivity index (χ3v) is 9.68. The highest BCUT2D eigenvalue weighted by Crippen LogP contribution is 2.57. The van der Waals surface area contributed by atoms with Gasteiger partial charge in [-0.15, -0.1) is 0 Å². The van der Waals surface area contributed by atoms with Crippen LogP contribution >= 0.6 is 22.9 Å². The first kappa shape index (κ1) is 31.4. The number of nitrogens with zero attached hydrogens (tertiary/aromatic N) is 2. The third kappa shape index (κ3) is 7.40. The summed E-state index contributed by atoms with van der Waals surface area (Å²) in [5.41, 5.74) is -1.10. The fraction of sp³-hybridized carbons (Fsp3) is 0.594. The molecule has 9 nitrogen and oxygen atoms in total. The van der Waals surface area contributed by atoms with Gasteiger partial charge in [-0.2, -0.15) is 0 Å². The van der Waals surface area contributed by atoms with Gasteiger partial charge in [-0.1, -0.05) is 47.9 Å². The number of allylic oxidation sites excluding steroid dienone is 2. The molecular formula is C32H39ClN2O7S. The first-order valence-corrected chi connectivity index (χ1v) is 16.2. The molecule has 1 saturated carbocycles. The Hall–Kier alpha value is -2.98. The van der Waals surface area contributed by atoms with Gasteiger partial charge in [0, 0.05) is 23.8 Å². The summed E-state index contributed by atoms with van der Waals surface area (Å²) in [5.74, 6) is -2.89. The Kier molecular flexibility index (Phi) is 9.18. The highest BCUT2D eigenvalue weighted by atomic mass is 35.5. The Balaban J connectivity index is 1.42. The number of benzene rings is 1. The van der Waals surface area contributed by atoms with Crippen molar-refractivity contribution in [1.82, 2.24) is 9.88 Å². The van der Waals surface area contributed by atoms with E-state index < -0.39 is 41.0 Å². The van der Waals surface area contributed by atoms with Crippen molar-refractivity contribution in [2.24, 2.45) is 17.3 Å². The van der Waals surface area contributed by atoms with Crippen molar-refractivity contribution >= 4 is 56.8 Å². The lowest BCUT2D eigenvalue weighted by atomic mass is 9.91. The molecule has 5 rings (SSSR count). The maximum atomic E-state index is 14.1. The topological polar surface area (TPSA) is 123 Å². The lowest BCUT2D eigenvalue weighted by Gasteiger charge is -2.29. The van der Waals surface area contributed by atoms with Crippen molar-refractivity contribution in [3.8, 4) is 5.19 Å². The predicted octanol–water partition coefficient (Wildman–Crippen LogP) is 6.22. The molecule has 5 atom stereocenters. The fourth-order valence-corrected chi connectivity index (χ4v) is 7.42. The minimum atomic E-state index is -1.15. The Morgan fingerprint density at radius 3 is 2.74 bits per heavy atom. The van der Waals surface area contributed by atoms with Gasteiger partial charge in [-0.3, -0.25) is 19.2 Å². The molecule has 232 valence electrons. The Labute approximate surface area is 260 Å². The van der Waals surface area contributed by atoms with E-state index in [1.807, 2.05) is 12.2 Å². The standard InChI is InChI=1S/C32H39ClN2O7S/c1-31(2,3)42-27(37)13-19-9-7-5-4-6-8-10-20-16-32(20,29(39)40)17-25(36)24-15-22(18-35(24)28(19)38)41-30-34-23-12-11-21(33)14-26(23)43-30/h8,10-12,14,19-20,22,24H,4-7,9,13,15-18H2,1-3H3,(H,39,40)/b10-8-/t19-,20-,22-,24+,32-/m1/s1. The maximum absolute atomic E-state index is 14.1. The monoisotopic (exact) mass is 630 g/mol. The number of esters is 1. The van der Waals surface area contributed by atoms with Crippen LogP contribution in [0.2, 0.25) is 5.02 Å². The SMILES string of the molecule is CC(C)(C)OC(=O)C[C@H]1CCCCC/C=C\[C@@H]2C[C@@]2(C(=O)O)CC(=O)[C@@H]2C[C@@H](Oc3nc4ccc(Cl)cc4s3)CN2C1=O. The van der Waals surface area contributed by atoms with Gasteiger partial charge < -0.3 is 19.5 Å². The van der Waals surface area contributed by atoms with E-state index >= 15 is 0 Å². The van der Waals surface area contributed by atoms with Crippen molar-refractivity contribution in [3.05, 3.63) is 35.4 Å². The third-order valence-electron chi connectivity index (χ3n) is 8.54. The largest absolute Gasteiger partial charge is 0.481 e. The molecule has 0 radical (unpaired) electrons. The van der Waals surface area contributed by atoms with E-state index in [9.17, 15) is 24.3 Å². The normalized spacial score (nSPS) is 29.3. The molecule has 2 aliphatic heterocycles. The summed E-state index contributed by atoms with van der Waals surface area (Å²) in [6.07, 6.45) is 7.61. The zero-order valence-electron chi connectivity index (χ0n) is 24.8. The number of hydrogen-bond donors (Lipinski definition) is 1. The van der Waals surface area contributed by atoms with Crippen LogP contribution in [0.5, 0.6) is 5.19 Å². The number of Topliss-reactive ketones (excluding diaryl/α,β-unsaturated/α-hetero) is 1. The molecule has 1 aliphatic carbocycles. The number of aromatic nitrogens is 1. The summed E-state index contributed by atoms with van der Waals surface area (Å²) in [6.45, 7) is 5.49. The summed E-state index contributed by atoms with van der Waals surface area (Å²) in [5, 5.41) is 11.1. The fourth-order valence-electron chi connectivity index (χ4n) is 6.26. The number of hydrogen-bond acceptors (Lipinski definition) is 8. The smallest absolute Gasteiger partial charge is 0.310 e. The van der Waals surface area contributed by atoms with E-state index in [1.54, 1.807) is 39.0 Å². The molecule has 1 saturated heterocycles. The molecule has 1 amide bonds. The second-order valence-electron chi connectivity index (χ2n) is 13.0. The molecule has 0 bridgehead atoms. The van der Waals surface area contributed by atoms with Gasteiger partial charge in [-0.25, -0.2) is 4.98 Å². The van der Waals surface area contributed by atoms with Crippen LogP contribution in [-0.2, 0) is 23.9 Å². The van der Waals surface area contributed by atoms with Crippen molar-refractivity contribution in [2.45, 2.75) is 96.3 Å². The minimum Gasteiger partial charge on any atom is -0.481 e. The summed E-state index contributed by atoms with van der Waals surface area (Å²) in [4.78, 5) is 59.3. The molecule has 43 heavy (non-hydrogen) atoms. The molecule has 1 aromatic carbocycles. The van der Waals surface area contributed by atoms with Gasteiger partial charge in [0.05, 0.1) is 34.6 Å². The van der Waals surface area contributed by atoms with E-state index in [4.69, 9.17) is 21.1 Å². The highest BCUT2D eigenvalue weighted by Gasteiger charge is 2.61. The van der Waals surface area contributed by atoms with Crippen molar-refractivity contribution in [1.29, 1.82) is 0 Å². The number of rotatable bonds is 5. The second kappa shape index (κ2) is 12.6. The van der Waals surface area contributed by atoms with E-state index in [-0.39, 0.29) is 43.4 Å². The zero-order chi connectivity index (χ0) is 30.9. The van der Waals surface area contributed by atoms with Crippen LogP contribution in [0.15, 0.2) is 30.4 Å². The predicted molar refractivity (Wildman–Crippen MR) is 163 cm³/mol. The van der Waals surface area contributed by atoms with E-state index in [1.165, 1.54) is 16.2 Å². The van der Waals surface area contributed by atoms with Crippen LogP contribution in [0.25, 0.3) is 10.2 Å². The molecule has 2 fully saturated rings. The zero-order valence-corrected chi connectivity index (χ0v) is 26.4. The van der Waals surface area contributed by atoms with Gasteiger partial charge in [0.1, 0.15) is 11.7 Å². The average molecular weight is 631 g/mol. The van der Waals surface area contributed by atoms with Crippen LogP contribution in [0.3, 0.4) is 0 Å². The van der Waals surface area contributed by atoms with Gasteiger partial charge in [0.2, 0.25) is 5.91 Å². The number of ketones is 1. The molecule has 11 heteroatoms. The maximum Gasteiger partial charge on any atom is 0.310 e. The number of amides is 1. The van der Waals surface area contributed by atoms with Crippen LogP contribution in [-0.4, -0.2) is 62.9 Å². The van der Waals surface area contributed by atoms with Crippen LogP contribution < -0.4 is 4.74 Å². The molecule has 0 spiro atoms. The molecule has 2 aromatic rings. The quantitative estimate of drug-likeness (QED) is 0.305. The summed E-state index contributed by atoms with van der Waals surface area (Å²) in [7, 11) is 0. The first-order chi connectivity index (χ1) is 20.3.